The normalized spacial score (nSPS) is 12.4. The Labute approximate surface area is 105 Å². The zero-order valence-electron chi connectivity index (χ0n) is 9.67. The zero-order valence-corrected chi connectivity index (χ0v) is 11.3. The molecule has 1 heterocycles. The van der Waals surface area contributed by atoms with E-state index in [1.165, 1.54) is 11.3 Å². The summed E-state index contributed by atoms with van der Waals surface area (Å²) in [6.07, 6.45) is 0. The van der Waals surface area contributed by atoms with Gasteiger partial charge in [0.1, 0.15) is 5.75 Å². The zero-order chi connectivity index (χ0) is 12.6. The summed E-state index contributed by atoms with van der Waals surface area (Å²) in [5.74, 6) is 0.271. The summed E-state index contributed by atoms with van der Waals surface area (Å²) in [5, 5.41) is 11.7. The lowest BCUT2D eigenvalue weighted by molar-refractivity contribution is 0.476. The van der Waals surface area contributed by atoms with Crippen molar-refractivity contribution in [3.8, 4) is 5.75 Å². The second-order valence-electron chi connectivity index (χ2n) is 4.30. The molecule has 0 bridgehead atoms. The molecule has 0 spiro atoms. The molecule has 0 radical (unpaired) electrons. The lowest BCUT2D eigenvalue weighted by atomic mass is 10.2. The molecule has 0 aliphatic carbocycles. The molecule has 1 N–H and O–H groups in total. The molecule has 2 rings (SSSR count). The van der Waals surface area contributed by atoms with Gasteiger partial charge >= 0.3 is 0 Å². The highest BCUT2D eigenvalue weighted by Crippen LogP contribution is 2.30. The third-order valence-corrected chi connectivity index (χ3v) is 5.86. The minimum atomic E-state index is -3.08. The first-order valence-electron chi connectivity index (χ1n) is 5.31. The number of hydrogen-bond donors (Lipinski definition) is 1. The van der Waals surface area contributed by atoms with Crippen LogP contribution in [0.15, 0.2) is 23.6 Å². The summed E-state index contributed by atoms with van der Waals surface area (Å²) in [5.41, 5.74) is 0.818. The lowest BCUT2D eigenvalue weighted by Crippen LogP contribution is -2.15. The van der Waals surface area contributed by atoms with Crippen LogP contribution in [0.4, 0.5) is 0 Å². The number of sulfone groups is 1. The molecule has 92 valence electrons. The van der Waals surface area contributed by atoms with Crippen molar-refractivity contribution in [1.29, 1.82) is 0 Å². The fourth-order valence-corrected chi connectivity index (χ4v) is 3.67. The maximum Gasteiger partial charge on any atom is 0.156 e. The van der Waals surface area contributed by atoms with Crippen LogP contribution in [0.2, 0.25) is 0 Å². The third kappa shape index (κ3) is 2.45. The van der Waals surface area contributed by atoms with Crippen molar-refractivity contribution in [3.63, 3.8) is 0 Å². The van der Waals surface area contributed by atoms with Crippen LogP contribution >= 0.6 is 11.3 Å². The molecule has 0 aliphatic rings. The number of fused-ring (bicyclic) bond motifs is 1. The van der Waals surface area contributed by atoms with Crippen LogP contribution in [0.1, 0.15) is 19.4 Å². The summed E-state index contributed by atoms with van der Waals surface area (Å²) >= 11 is 1.46. The van der Waals surface area contributed by atoms with Crippen LogP contribution in [-0.4, -0.2) is 18.8 Å². The Kier molecular flexibility index (Phi) is 3.14. The van der Waals surface area contributed by atoms with Crippen molar-refractivity contribution in [2.24, 2.45) is 0 Å². The van der Waals surface area contributed by atoms with E-state index in [4.69, 9.17) is 0 Å². The highest BCUT2D eigenvalue weighted by atomic mass is 32.2. The molecule has 0 unspecified atom stereocenters. The van der Waals surface area contributed by atoms with Crippen LogP contribution in [0.5, 0.6) is 5.75 Å². The molecule has 0 aliphatic heterocycles. The lowest BCUT2D eigenvalue weighted by Gasteiger charge is -2.06. The van der Waals surface area contributed by atoms with E-state index in [9.17, 15) is 13.5 Å². The summed E-state index contributed by atoms with van der Waals surface area (Å²) in [6, 6.07) is 5.01. The van der Waals surface area contributed by atoms with E-state index in [1.807, 2.05) is 5.38 Å². The Hall–Kier alpha value is -1.07. The number of thiophene rings is 1. The van der Waals surface area contributed by atoms with E-state index in [0.717, 1.165) is 15.6 Å². The minimum Gasteiger partial charge on any atom is -0.508 e. The van der Waals surface area contributed by atoms with Crippen LogP contribution in [0, 0.1) is 0 Å². The third-order valence-electron chi connectivity index (χ3n) is 2.71. The number of benzene rings is 1. The first kappa shape index (κ1) is 12.4. The van der Waals surface area contributed by atoms with Gasteiger partial charge in [0.2, 0.25) is 0 Å². The van der Waals surface area contributed by atoms with Crippen molar-refractivity contribution < 1.29 is 13.5 Å². The minimum absolute atomic E-state index is 0.0649. The van der Waals surface area contributed by atoms with Gasteiger partial charge < -0.3 is 5.11 Å². The fourth-order valence-electron chi connectivity index (χ4n) is 1.57. The predicted molar refractivity (Wildman–Crippen MR) is 71.2 cm³/mol. The fraction of sp³-hybridized carbons (Fsp3) is 0.333. The van der Waals surface area contributed by atoms with E-state index in [0.29, 0.717) is 0 Å². The van der Waals surface area contributed by atoms with Gasteiger partial charge in [-0.1, -0.05) is 0 Å². The monoisotopic (exact) mass is 270 g/mol. The van der Waals surface area contributed by atoms with E-state index in [2.05, 4.69) is 0 Å². The maximum atomic E-state index is 11.9. The Morgan fingerprint density at radius 2 is 2.06 bits per heavy atom. The van der Waals surface area contributed by atoms with Gasteiger partial charge in [-0.15, -0.1) is 11.3 Å². The SMILES string of the molecule is CC(C)S(=O)(=O)Cc1csc2cc(O)ccc12. The Balaban J connectivity index is 2.45. The second kappa shape index (κ2) is 4.31. The highest BCUT2D eigenvalue weighted by Gasteiger charge is 2.18. The van der Waals surface area contributed by atoms with Crippen LogP contribution in [-0.2, 0) is 15.6 Å². The van der Waals surface area contributed by atoms with E-state index >= 15 is 0 Å². The number of rotatable bonds is 3. The Morgan fingerprint density at radius 3 is 2.71 bits per heavy atom. The van der Waals surface area contributed by atoms with E-state index < -0.39 is 9.84 Å². The Bertz CT molecular complexity index is 639. The van der Waals surface area contributed by atoms with E-state index in [1.54, 1.807) is 32.0 Å². The number of phenols is 1. The molecule has 0 fully saturated rings. The van der Waals surface area contributed by atoms with Gasteiger partial charge in [0.25, 0.3) is 0 Å². The second-order valence-corrected chi connectivity index (χ2v) is 7.77. The number of hydrogen-bond acceptors (Lipinski definition) is 4. The van der Waals surface area contributed by atoms with Gasteiger partial charge in [-0.25, -0.2) is 8.42 Å². The summed E-state index contributed by atoms with van der Waals surface area (Å²) in [7, 11) is -3.08. The standard InChI is InChI=1S/C12H14O3S2/c1-8(2)17(14,15)7-9-6-16-12-5-10(13)3-4-11(9)12/h3-6,8,13H,7H2,1-2H3. The molecule has 2 aromatic rings. The average Bonchev–Trinajstić information content (AvgIpc) is 2.60. The van der Waals surface area contributed by atoms with Crippen LogP contribution in [0.25, 0.3) is 10.1 Å². The van der Waals surface area contributed by atoms with Gasteiger partial charge in [-0.3, -0.25) is 0 Å². The molecule has 0 amide bonds. The van der Waals surface area contributed by atoms with Crippen molar-refractivity contribution in [1.82, 2.24) is 0 Å². The van der Waals surface area contributed by atoms with Gasteiger partial charge in [0, 0.05) is 4.70 Å². The summed E-state index contributed by atoms with van der Waals surface area (Å²) < 4.78 is 24.6. The molecular formula is C12H14O3S2. The van der Waals surface area contributed by atoms with E-state index in [-0.39, 0.29) is 16.8 Å². The van der Waals surface area contributed by atoms with Gasteiger partial charge in [-0.2, -0.15) is 0 Å². The molecule has 3 nitrogen and oxygen atoms in total. The van der Waals surface area contributed by atoms with Crippen LogP contribution < -0.4 is 0 Å². The molecule has 1 aromatic heterocycles. The largest absolute Gasteiger partial charge is 0.508 e. The van der Waals surface area contributed by atoms with Crippen molar-refractivity contribution in [3.05, 3.63) is 29.1 Å². The van der Waals surface area contributed by atoms with Gasteiger partial charge in [-0.05, 0) is 48.4 Å². The molecule has 17 heavy (non-hydrogen) atoms. The Morgan fingerprint density at radius 1 is 1.35 bits per heavy atom. The molecule has 0 saturated heterocycles. The maximum absolute atomic E-state index is 11.9. The summed E-state index contributed by atoms with van der Waals surface area (Å²) in [4.78, 5) is 0. The first-order valence-corrected chi connectivity index (χ1v) is 7.90. The molecule has 1 aromatic carbocycles. The molecular weight excluding hydrogens is 256 g/mol. The quantitative estimate of drug-likeness (QED) is 0.933. The van der Waals surface area contributed by atoms with Crippen LogP contribution in [0.3, 0.4) is 0 Å². The number of aromatic hydroxyl groups is 1. The van der Waals surface area contributed by atoms with Crippen molar-refractivity contribution in [2.45, 2.75) is 24.9 Å². The van der Waals surface area contributed by atoms with Crippen molar-refractivity contribution >= 4 is 31.3 Å². The molecule has 5 heteroatoms. The topological polar surface area (TPSA) is 54.4 Å². The van der Waals surface area contributed by atoms with Crippen molar-refractivity contribution in [2.75, 3.05) is 0 Å². The summed E-state index contributed by atoms with van der Waals surface area (Å²) in [6.45, 7) is 3.38. The number of phenolic OH excluding ortho intramolecular Hbond substituents is 1. The highest BCUT2D eigenvalue weighted by molar-refractivity contribution is 7.91. The molecule has 0 saturated carbocycles. The van der Waals surface area contributed by atoms with Gasteiger partial charge in [0.15, 0.2) is 9.84 Å². The van der Waals surface area contributed by atoms with Gasteiger partial charge in [0.05, 0.1) is 11.0 Å². The first-order chi connectivity index (χ1) is 7.90. The average molecular weight is 270 g/mol. The smallest absolute Gasteiger partial charge is 0.156 e. The predicted octanol–water partition coefficient (Wildman–Crippen LogP) is 2.93. The molecule has 0 atom stereocenters.